The van der Waals surface area contributed by atoms with Gasteiger partial charge in [0.25, 0.3) is 5.91 Å². The van der Waals surface area contributed by atoms with E-state index in [1.165, 1.54) is 29.7 Å². The summed E-state index contributed by atoms with van der Waals surface area (Å²) >= 11 is 0. The SMILES string of the molecule is O=C(NO)C1(O)COCCC1S(=O)(=O)c1ccc(Oc2ccccn2)cc1. The third-order valence-corrected chi connectivity index (χ3v) is 6.56. The molecule has 1 aromatic carbocycles. The molecule has 2 aromatic rings. The molecule has 0 spiro atoms. The summed E-state index contributed by atoms with van der Waals surface area (Å²) in [7, 11) is -4.09. The molecule has 0 aliphatic carbocycles. The Hall–Kier alpha value is -2.53. The number of nitrogens with one attached hydrogen (secondary N) is 1. The highest BCUT2D eigenvalue weighted by molar-refractivity contribution is 7.92. The summed E-state index contributed by atoms with van der Waals surface area (Å²) in [5.74, 6) is -0.500. The number of ether oxygens (including phenoxy) is 2. The summed E-state index contributed by atoms with van der Waals surface area (Å²) < 4.78 is 36.5. The molecular weight excluding hydrogens is 376 g/mol. The number of sulfone groups is 1. The second-order valence-corrected chi connectivity index (χ2v) is 8.11. The van der Waals surface area contributed by atoms with Crippen LogP contribution in [0.1, 0.15) is 6.42 Å². The highest BCUT2D eigenvalue weighted by atomic mass is 32.2. The molecule has 144 valence electrons. The van der Waals surface area contributed by atoms with Crippen molar-refractivity contribution < 1.29 is 33.0 Å². The summed E-state index contributed by atoms with van der Waals surface area (Å²) in [6.07, 6.45) is 1.46. The predicted molar refractivity (Wildman–Crippen MR) is 92.0 cm³/mol. The van der Waals surface area contributed by atoms with E-state index in [-0.39, 0.29) is 17.9 Å². The molecule has 3 rings (SSSR count). The molecule has 1 saturated heterocycles. The van der Waals surface area contributed by atoms with E-state index in [1.807, 2.05) is 0 Å². The molecule has 1 aliphatic rings. The number of nitrogens with zero attached hydrogens (tertiary/aromatic N) is 1. The van der Waals surface area contributed by atoms with Crippen LogP contribution in [0.25, 0.3) is 0 Å². The molecule has 2 unspecified atom stereocenters. The maximum Gasteiger partial charge on any atom is 0.279 e. The van der Waals surface area contributed by atoms with Gasteiger partial charge in [0.1, 0.15) is 11.0 Å². The number of rotatable bonds is 5. The van der Waals surface area contributed by atoms with Crippen LogP contribution in [0.3, 0.4) is 0 Å². The second kappa shape index (κ2) is 7.61. The van der Waals surface area contributed by atoms with Gasteiger partial charge in [0.2, 0.25) is 5.88 Å². The molecule has 1 fully saturated rings. The molecule has 1 aliphatic heterocycles. The number of hydroxylamine groups is 1. The first-order chi connectivity index (χ1) is 12.9. The van der Waals surface area contributed by atoms with Gasteiger partial charge >= 0.3 is 0 Å². The molecule has 0 radical (unpaired) electrons. The number of amides is 1. The summed E-state index contributed by atoms with van der Waals surface area (Å²) in [6, 6.07) is 10.7. The van der Waals surface area contributed by atoms with Crippen molar-refractivity contribution in [1.82, 2.24) is 10.5 Å². The Morgan fingerprint density at radius 3 is 2.63 bits per heavy atom. The second-order valence-electron chi connectivity index (χ2n) is 5.98. The van der Waals surface area contributed by atoms with Crippen LogP contribution in [0.15, 0.2) is 53.6 Å². The zero-order chi connectivity index (χ0) is 19.5. The third kappa shape index (κ3) is 3.78. The quantitative estimate of drug-likeness (QED) is 0.498. The first-order valence-corrected chi connectivity index (χ1v) is 9.60. The van der Waals surface area contributed by atoms with E-state index in [2.05, 4.69) is 4.98 Å². The minimum Gasteiger partial charge on any atom is -0.439 e. The van der Waals surface area contributed by atoms with Crippen molar-refractivity contribution >= 4 is 15.7 Å². The van der Waals surface area contributed by atoms with Gasteiger partial charge in [-0.1, -0.05) is 6.07 Å². The molecule has 1 amide bonds. The Labute approximate surface area is 155 Å². The largest absolute Gasteiger partial charge is 0.439 e. The fourth-order valence-corrected chi connectivity index (χ4v) is 4.80. The lowest BCUT2D eigenvalue weighted by Gasteiger charge is -2.36. The lowest BCUT2D eigenvalue weighted by atomic mass is 9.95. The summed E-state index contributed by atoms with van der Waals surface area (Å²) in [5.41, 5.74) is -1.09. The molecule has 3 N–H and O–H groups in total. The average molecular weight is 394 g/mol. The van der Waals surface area contributed by atoms with Crippen molar-refractivity contribution in [3.05, 3.63) is 48.7 Å². The minimum absolute atomic E-state index is 0.0613. The van der Waals surface area contributed by atoms with Crippen LogP contribution in [0.2, 0.25) is 0 Å². The molecule has 0 bridgehead atoms. The topological polar surface area (TPSA) is 135 Å². The fraction of sp³-hybridized carbons (Fsp3) is 0.294. The molecular formula is C17H18N2O7S. The standard InChI is InChI=1S/C17H18N2O7S/c20-16(19-22)17(21)11-25-10-8-14(17)27(23,24)13-6-4-12(5-7-13)26-15-3-1-2-9-18-15/h1-7,9,14,21-22H,8,10-11H2,(H,19,20). The van der Waals surface area contributed by atoms with Gasteiger partial charge in [-0.15, -0.1) is 0 Å². The lowest BCUT2D eigenvalue weighted by Crippen LogP contribution is -2.62. The summed E-state index contributed by atoms with van der Waals surface area (Å²) in [4.78, 5) is 15.8. The van der Waals surface area contributed by atoms with E-state index in [4.69, 9.17) is 14.7 Å². The van der Waals surface area contributed by atoms with Gasteiger partial charge < -0.3 is 14.6 Å². The van der Waals surface area contributed by atoms with Crippen molar-refractivity contribution in [2.75, 3.05) is 13.2 Å². The van der Waals surface area contributed by atoms with Crippen molar-refractivity contribution in [3.63, 3.8) is 0 Å². The number of carbonyl (C=O) groups excluding carboxylic acids is 1. The Morgan fingerprint density at radius 2 is 2.00 bits per heavy atom. The van der Waals surface area contributed by atoms with Gasteiger partial charge in [0, 0.05) is 18.9 Å². The Bertz CT molecular complexity index is 903. The maximum absolute atomic E-state index is 13.0. The Balaban J connectivity index is 1.86. The molecule has 27 heavy (non-hydrogen) atoms. The van der Waals surface area contributed by atoms with Crippen LogP contribution >= 0.6 is 0 Å². The van der Waals surface area contributed by atoms with Crippen LogP contribution in [0, 0.1) is 0 Å². The monoisotopic (exact) mass is 394 g/mol. The minimum atomic E-state index is -4.09. The lowest BCUT2D eigenvalue weighted by molar-refractivity contribution is -0.161. The van der Waals surface area contributed by atoms with Crippen LogP contribution < -0.4 is 10.2 Å². The first-order valence-electron chi connectivity index (χ1n) is 8.05. The van der Waals surface area contributed by atoms with Crippen LogP contribution in [0.5, 0.6) is 11.6 Å². The maximum atomic E-state index is 13.0. The van der Waals surface area contributed by atoms with Gasteiger partial charge in [-0.3, -0.25) is 10.0 Å². The zero-order valence-electron chi connectivity index (χ0n) is 14.1. The van der Waals surface area contributed by atoms with Crippen LogP contribution in [0.4, 0.5) is 0 Å². The zero-order valence-corrected chi connectivity index (χ0v) is 14.9. The smallest absolute Gasteiger partial charge is 0.279 e. The average Bonchev–Trinajstić information content (AvgIpc) is 2.68. The first kappa shape index (κ1) is 19.2. The number of benzene rings is 1. The van der Waals surface area contributed by atoms with Crippen molar-refractivity contribution in [1.29, 1.82) is 0 Å². The van der Waals surface area contributed by atoms with E-state index in [9.17, 15) is 18.3 Å². The number of aliphatic hydroxyl groups is 1. The third-order valence-electron chi connectivity index (χ3n) is 4.26. The number of carbonyl (C=O) groups is 1. The number of pyridine rings is 1. The highest BCUT2D eigenvalue weighted by Crippen LogP contribution is 2.32. The molecule has 0 saturated carbocycles. The van der Waals surface area contributed by atoms with E-state index in [0.29, 0.717) is 11.6 Å². The molecule has 9 nitrogen and oxygen atoms in total. The van der Waals surface area contributed by atoms with E-state index in [1.54, 1.807) is 24.4 Å². The fourth-order valence-electron chi connectivity index (χ4n) is 2.86. The summed E-state index contributed by atoms with van der Waals surface area (Å²) in [5, 5.41) is 17.9. The van der Waals surface area contributed by atoms with Gasteiger partial charge in [0.15, 0.2) is 15.4 Å². The number of aromatic nitrogens is 1. The van der Waals surface area contributed by atoms with E-state index >= 15 is 0 Å². The van der Waals surface area contributed by atoms with Crippen LogP contribution in [-0.2, 0) is 19.4 Å². The Kier molecular flexibility index (Phi) is 5.42. The van der Waals surface area contributed by atoms with Crippen molar-refractivity contribution in [2.45, 2.75) is 22.2 Å². The van der Waals surface area contributed by atoms with Gasteiger partial charge in [-0.25, -0.2) is 18.9 Å². The summed E-state index contributed by atoms with van der Waals surface area (Å²) in [6.45, 7) is -0.476. The number of hydrogen-bond donors (Lipinski definition) is 3. The molecule has 1 aromatic heterocycles. The molecule has 10 heteroatoms. The van der Waals surface area contributed by atoms with Gasteiger partial charge in [0.05, 0.1) is 11.5 Å². The normalized spacial score (nSPS) is 22.8. The van der Waals surface area contributed by atoms with Crippen molar-refractivity contribution in [2.24, 2.45) is 0 Å². The predicted octanol–water partition coefficient (Wildman–Crippen LogP) is 0.673. The highest BCUT2D eigenvalue weighted by Gasteiger charge is 2.53. The van der Waals surface area contributed by atoms with Gasteiger partial charge in [-0.2, -0.15) is 0 Å². The van der Waals surface area contributed by atoms with Crippen LogP contribution in [-0.4, -0.2) is 53.7 Å². The van der Waals surface area contributed by atoms with E-state index in [0.717, 1.165) is 0 Å². The van der Waals surface area contributed by atoms with E-state index < -0.39 is 33.2 Å². The Morgan fingerprint density at radius 1 is 1.26 bits per heavy atom. The van der Waals surface area contributed by atoms with Crippen molar-refractivity contribution in [3.8, 4) is 11.6 Å². The number of hydrogen-bond acceptors (Lipinski definition) is 8. The molecule has 2 heterocycles. The molecule has 2 atom stereocenters. The van der Waals surface area contributed by atoms with Gasteiger partial charge in [-0.05, 0) is 36.8 Å².